The zero-order valence-corrected chi connectivity index (χ0v) is 36.5. The highest BCUT2D eigenvalue weighted by Crippen LogP contribution is 2.42. The number of nitrogens with zero attached hydrogens (tertiary/aromatic N) is 8. The third kappa shape index (κ3) is 6.62. The summed E-state index contributed by atoms with van der Waals surface area (Å²) in [5, 5.41) is 4.46. The Balaban J connectivity index is 1.03. The zero-order chi connectivity index (χ0) is 45.0. The van der Waals surface area contributed by atoms with Gasteiger partial charge in [-0.1, -0.05) is 194 Å². The fourth-order valence-electron chi connectivity index (χ4n) is 9.52. The van der Waals surface area contributed by atoms with Crippen molar-refractivity contribution in [1.82, 2.24) is 39.0 Å². The second-order valence-electron chi connectivity index (χ2n) is 16.7. The summed E-state index contributed by atoms with van der Waals surface area (Å²) in [6, 6.07) is 79.3. The number of rotatable bonds is 8. The van der Waals surface area contributed by atoms with Gasteiger partial charge in [-0.05, 0) is 47.5 Å². The maximum atomic E-state index is 5.27. The fourth-order valence-corrected chi connectivity index (χ4v) is 9.52. The molecule has 68 heavy (non-hydrogen) atoms. The first kappa shape index (κ1) is 39.0. The summed E-state index contributed by atoms with van der Waals surface area (Å²) in [5.41, 5.74) is 11.8. The Morgan fingerprint density at radius 2 is 0.603 bits per heavy atom. The predicted octanol–water partition coefficient (Wildman–Crippen LogP) is 14.3. The molecule has 0 saturated heterocycles. The topological polar surface area (TPSA) is 87.2 Å². The third-order valence-electron chi connectivity index (χ3n) is 12.7. The molecule has 4 aromatic heterocycles. The monoisotopic (exact) mass is 870 g/mol. The van der Waals surface area contributed by atoms with Crippen molar-refractivity contribution in [1.29, 1.82) is 0 Å². The Kier molecular flexibility index (Phi) is 9.31. The van der Waals surface area contributed by atoms with Crippen LogP contribution in [-0.2, 0) is 0 Å². The van der Waals surface area contributed by atoms with Crippen LogP contribution in [0.25, 0.3) is 123 Å². The number of benzene rings is 9. The Labute approximate surface area is 391 Å². The molecule has 8 nitrogen and oxygen atoms in total. The largest absolute Gasteiger partial charge is 0.307 e. The molecule has 0 amide bonds. The van der Waals surface area contributed by atoms with E-state index in [-0.39, 0.29) is 0 Å². The summed E-state index contributed by atoms with van der Waals surface area (Å²) in [7, 11) is 0. The van der Waals surface area contributed by atoms with E-state index >= 15 is 0 Å². The first-order valence-electron chi connectivity index (χ1n) is 22.6. The number of aromatic nitrogens is 8. The quantitative estimate of drug-likeness (QED) is 0.151. The van der Waals surface area contributed by atoms with Crippen LogP contribution in [0.4, 0.5) is 0 Å². The summed E-state index contributed by atoms with van der Waals surface area (Å²) < 4.78 is 4.59. The molecule has 0 aliphatic rings. The predicted molar refractivity (Wildman–Crippen MR) is 275 cm³/mol. The second-order valence-corrected chi connectivity index (χ2v) is 16.7. The molecular weight excluding hydrogens is 833 g/mol. The lowest BCUT2D eigenvalue weighted by atomic mass is 9.99. The molecule has 318 valence electrons. The minimum atomic E-state index is 0.539. The Hall–Kier alpha value is -9.40. The molecule has 0 radical (unpaired) electrons. The van der Waals surface area contributed by atoms with E-state index in [4.69, 9.17) is 29.9 Å². The first-order chi connectivity index (χ1) is 33.7. The molecule has 0 saturated carbocycles. The van der Waals surface area contributed by atoms with Crippen LogP contribution in [0, 0.1) is 0 Å². The van der Waals surface area contributed by atoms with Gasteiger partial charge in [0, 0.05) is 55.0 Å². The lowest BCUT2D eigenvalue weighted by molar-refractivity contribution is 0.953. The highest BCUT2D eigenvalue weighted by molar-refractivity contribution is 6.23. The van der Waals surface area contributed by atoms with Crippen LogP contribution in [0.1, 0.15) is 0 Å². The summed E-state index contributed by atoms with van der Waals surface area (Å²) in [4.78, 5) is 31.0. The van der Waals surface area contributed by atoms with Crippen LogP contribution in [0.5, 0.6) is 0 Å². The Bertz CT molecular complexity index is 3940. The summed E-state index contributed by atoms with van der Waals surface area (Å²) in [5.74, 6) is 3.55. The van der Waals surface area contributed by atoms with Crippen molar-refractivity contribution in [3.05, 3.63) is 231 Å². The van der Waals surface area contributed by atoms with Gasteiger partial charge in [0.2, 0.25) is 5.95 Å². The molecule has 0 atom stereocenters. The molecule has 0 bridgehead atoms. The molecule has 0 unspecified atom stereocenters. The van der Waals surface area contributed by atoms with Crippen LogP contribution < -0.4 is 0 Å². The van der Waals surface area contributed by atoms with Crippen molar-refractivity contribution < 1.29 is 0 Å². The number of fused-ring (bicyclic) bond motifs is 7. The standard InChI is InChI=1S/C60H38N8/c1-5-19-39(20-6-1)45-27-13-14-30-50(45)59-63-55(40-21-7-2-8-22-40)61-56(64-59)43-33-35-44(36-34-43)67-51-31-17-15-28-46(51)48-37-38-49-47-29-16-18-32-52(47)68(54(49)53(48)67)60-65-57(41-23-9-3-10-24-41)62-58(66-60)42-25-11-4-12-26-42/h1-38H. The smallest absolute Gasteiger partial charge is 0.238 e. The van der Waals surface area contributed by atoms with Crippen LogP contribution in [0.2, 0.25) is 0 Å². The molecule has 0 aliphatic carbocycles. The van der Waals surface area contributed by atoms with Crippen molar-refractivity contribution in [3.63, 3.8) is 0 Å². The summed E-state index contributed by atoms with van der Waals surface area (Å²) >= 11 is 0. The molecule has 9 aromatic carbocycles. The molecule has 0 N–H and O–H groups in total. The average Bonchev–Trinajstić information content (AvgIpc) is 3.95. The van der Waals surface area contributed by atoms with E-state index < -0.39 is 0 Å². The van der Waals surface area contributed by atoms with E-state index in [1.165, 1.54) is 0 Å². The van der Waals surface area contributed by atoms with Crippen molar-refractivity contribution in [2.45, 2.75) is 0 Å². The van der Waals surface area contributed by atoms with Crippen LogP contribution >= 0.6 is 0 Å². The van der Waals surface area contributed by atoms with Gasteiger partial charge in [-0.15, -0.1) is 0 Å². The van der Waals surface area contributed by atoms with Gasteiger partial charge in [0.05, 0.1) is 22.1 Å². The maximum absolute atomic E-state index is 5.27. The molecule has 8 heteroatoms. The van der Waals surface area contributed by atoms with Gasteiger partial charge in [-0.3, -0.25) is 4.57 Å². The molecule has 13 rings (SSSR count). The SMILES string of the molecule is c1ccc(-c2nc(-c3ccc(-n4c5ccccc5c5ccc6c7ccccc7n(-c7nc(-c8ccccc8)nc(-c8ccccc8)n7)c6c54)cc3)nc(-c3ccccc3-c3ccccc3)n2)cc1. The van der Waals surface area contributed by atoms with Gasteiger partial charge in [-0.2, -0.15) is 9.97 Å². The van der Waals surface area contributed by atoms with Crippen molar-refractivity contribution >= 4 is 43.6 Å². The lowest BCUT2D eigenvalue weighted by Gasteiger charge is -2.14. The van der Waals surface area contributed by atoms with Crippen molar-refractivity contribution in [3.8, 4) is 79.7 Å². The maximum Gasteiger partial charge on any atom is 0.238 e. The second kappa shape index (κ2) is 16.2. The van der Waals surface area contributed by atoms with E-state index in [0.29, 0.717) is 35.1 Å². The molecular formula is C60H38N8. The number of para-hydroxylation sites is 2. The van der Waals surface area contributed by atoms with Gasteiger partial charge in [0.25, 0.3) is 0 Å². The number of hydrogen-bond donors (Lipinski definition) is 0. The highest BCUT2D eigenvalue weighted by Gasteiger charge is 2.24. The first-order valence-corrected chi connectivity index (χ1v) is 22.6. The van der Waals surface area contributed by atoms with Gasteiger partial charge < -0.3 is 4.57 Å². The average molecular weight is 871 g/mol. The molecule has 0 spiro atoms. The van der Waals surface area contributed by atoms with Crippen LogP contribution in [0.15, 0.2) is 231 Å². The van der Waals surface area contributed by atoms with E-state index in [0.717, 1.165) is 88.2 Å². The van der Waals surface area contributed by atoms with Gasteiger partial charge in [0.1, 0.15) is 0 Å². The highest BCUT2D eigenvalue weighted by atomic mass is 15.2. The molecule has 0 fully saturated rings. The van der Waals surface area contributed by atoms with E-state index in [2.05, 4.69) is 137 Å². The van der Waals surface area contributed by atoms with Crippen LogP contribution in [-0.4, -0.2) is 39.0 Å². The van der Waals surface area contributed by atoms with E-state index in [1.54, 1.807) is 0 Å². The van der Waals surface area contributed by atoms with E-state index in [9.17, 15) is 0 Å². The Morgan fingerprint density at radius 3 is 1.12 bits per heavy atom. The fraction of sp³-hybridized carbons (Fsp3) is 0. The van der Waals surface area contributed by atoms with Gasteiger partial charge in [-0.25, -0.2) is 19.9 Å². The summed E-state index contributed by atoms with van der Waals surface area (Å²) in [6.45, 7) is 0. The molecule has 0 aliphatic heterocycles. The van der Waals surface area contributed by atoms with Crippen molar-refractivity contribution in [2.24, 2.45) is 0 Å². The lowest BCUT2D eigenvalue weighted by Crippen LogP contribution is -2.07. The minimum absolute atomic E-state index is 0.539. The van der Waals surface area contributed by atoms with Gasteiger partial charge >= 0.3 is 0 Å². The van der Waals surface area contributed by atoms with Crippen molar-refractivity contribution in [2.75, 3.05) is 0 Å². The minimum Gasteiger partial charge on any atom is -0.307 e. The normalized spacial score (nSPS) is 11.5. The van der Waals surface area contributed by atoms with Gasteiger partial charge in [0.15, 0.2) is 29.1 Å². The number of hydrogen-bond acceptors (Lipinski definition) is 6. The van der Waals surface area contributed by atoms with Crippen LogP contribution in [0.3, 0.4) is 0 Å². The summed E-state index contributed by atoms with van der Waals surface area (Å²) in [6.07, 6.45) is 0. The third-order valence-corrected chi connectivity index (χ3v) is 12.7. The zero-order valence-electron chi connectivity index (χ0n) is 36.5. The van der Waals surface area contributed by atoms with E-state index in [1.807, 2.05) is 103 Å². The Morgan fingerprint density at radius 1 is 0.235 bits per heavy atom. The molecule has 4 heterocycles. The molecule has 13 aromatic rings.